The van der Waals surface area contributed by atoms with Crippen LogP contribution in [0.2, 0.25) is 0 Å². The maximum atomic E-state index is 10.3. The van der Waals surface area contributed by atoms with E-state index in [2.05, 4.69) is 4.98 Å². The Labute approximate surface area is 87.2 Å². The number of rotatable bonds is 1. The Hall–Kier alpha value is -2.11. The van der Waals surface area contributed by atoms with Gasteiger partial charge < -0.3 is 22.4 Å². The molecule has 0 saturated heterocycles. The summed E-state index contributed by atoms with van der Waals surface area (Å²) in [6.45, 7) is 0. The van der Waals surface area contributed by atoms with Gasteiger partial charge in [0.1, 0.15) is 0 Å². The van der Waals surface area contributed by atoms with Gasteiger partial charge in [-0.25, -0.2) is 4.79 Å². The molecule has 1 rings (SSSR count). The molecule has 0 aliphatic heterocycles. The molecule has 0 atom stereocenters. The SMILES string of the molecule is F[B-](F)(F)F.N#[N+]c1ccc(C(=O)O)cc1. The summed E-state index contributed by atoms with van der Waals surface area (Å²) in [6.07, 6.45) is 0. The van der Waals surface area contributed by atoms with Crippen molar-refractivity contribution < 1.29 is 27.2 Å². The average Bonchev–Trinajstić information content (AvgIpc) is 2.15. The molecule has 9 heteroatoms. The van der Waals surface area contributed by atoms with Crippen molar-refractivity contribution in [2.75, 3.05) is 0 Å². The first-order valence-corrected chi connectivity index (χ1v) is 3.80. The molecule has 1 aromatic carbocycles. The Morgan fingerprint density at radius 2 is 1.56 bits per heavy atom. The average molecular weight is 236 g/mol. The topological polar surface area (TPSA) is 65.5 Å². The number of nitrogens with zero attached hydrogens (tertiary/aromatic N) is 2. The third kappa shape index (κ3) is 7.31. The number of carbonyl (C=O) groups is 1. The molecule has 16 heavy (non-hydrogen) atoms. The highest BCUT2D eigenvalue weighted by Gasteiger charge is 2.20. The number of diazo groups is 1. The van der Waals surface area contributed by atoms with E-state index in [1.807, 2.05) is 0 Å². The van der Waals surface area contributed by atoms with Gasteiger partial charge in [0.25, 0.3) is 0 Å². The maximum absolute atomic E-state index is 10.3. The van der Waals surface area contributed by atoms with E-state index in [-0.39, 0.29) is 5.56 Å². The molecule has 0 amide bonds. The zero-order valence-corrected chi connectivity index (χ0v) is 7.65. The predicted octanol–water partition coefficient (Wildman–Crippen LogP) is 3.17. The van der Waals surface area contributed by atoms with Crippen molar-refractivity contribution in [1.29, 1.82) is 5.39 Å². The highest BCUT2D eigenvalue weighted by Crippen LogP contribution is 2.11. The van der Waals surface area contributed by atoms with Crippen LogP contribution in [0.5, 0.6) is 0 Å². The summed E-state index contributed by atoms with van der Waals surface area (Å²) in [7, 11) is -6.00. The lowest BCUT2D eigenvalue weighted by molar-refractivity contribution is 0.0697. The summed E-state index contributed by atoms with van der Waals surface area (Å²) < 4.78 is 39.0. The van der Waals surface area contributed by atoms with Gasteiger partial charge in [0.05, 0.1) is 5.56 Å². The maximum Gasteiger partial charge on any atom is 0.673 e. The Morgan fingerprint density at radius 3 is 1.81 bits per heavy atom. The summed E-state index contributed by atoms with van der Waals surface area (Å²) in [4.78, 5) is 13.2. The van der Waals surface area contributed by atoms with Crippen molar-refractivity contribution >= 4 is 18.9 Å². The van der Waals surface area contributed by atoms with Crippen LogP contribution in [0.15, 0.2) is 24.3 Å². The molecule has 1 aromatic rings. The minimum atomic E-state index is -6.00. The number of carboxylic acid groups (broad SMARTS) is 1. The molecule has 0 fully saturated rings. The lowest BCUT2D eigenvalue weighted by Gasteiger charge is -1.94. The molecule has 0 bridgehead atoms. The lowest BCUT2D eigenvalue weighted by Crippen LogP contribution is -2.02. The van der Waals surface area contributed by atoms with E-state index in [4.69, 9.17) is 10.5 Å². The van der Waals surface area contributed by atoms with Crippen molar-refractivity contribution in [3.8, 4) is 0 Å². The number of hydrogen-bond donors (Lipinski definition) is 1. The molecule has 0 aliphatic rings. The Morgan fingerprint density at radius 1 is 1.19 bits per heavy atom. The molecule has 0 spiro atoms. The minimum Gasteiger partial charge on any atom is -0.478 e. The predicted molar refractivity (Wildman–Crippen MR) is 48.3 cm³/mol. The van der Waals surface area contributed by atoms with E-state index in [1.165, 1.54) is 24.3 Å². The summed E-state index contributed by atoms with van der Waals surface area (Å²) in [6, 6.07) is 5.58. The van der Waals surface area contributed by atoms with Crippen LogP contribution in [0, 0.1) is 5.39 Å². The number of hydrogen-bond acceptors (Lipinski definition) is 2. The van der Waals surface area contributed by atoms with E-state index in [9.17, 15) is 22.1 Å². The van der Waals surface area contributed by atoms with E-state index in [0.29, 0.717) is 5.69 Å². The molecule has 0 saturated carbocycles. The van der Waals surface area contributed by atoms with Crippen molar-refractivity contribution in [3.63, 3.8) is 0 Å². The first-order valence-electron chi connectivity index (χ1n) is 3.80. The number of carboxylic acids is 1. The zero-order chi connectivity index (χ0) is 12.8. The second-order valence-electron chi connectivity index (χ2n) is 2.45. The van der Waals surface area contributed by atoms with Crippen LogP contribution < -0.4 is 0 Å². The van der Waals surface area contributed by atoms with Gasteiger partial charge in [-0.05, 0) is 12.1 Å². The molecule has 4 nitrogen and oxygen atoms in total. The summed E-state index contributed by atoms with van der Waals surface area (Å²) in [5.74, 6) is -0.991. The fraction of sp³-hybridized carbons (Fsp3) is 0. The first kappa shape index (κ1) is 13.9. The van der Waals surface area contributed by atoms with Gasteiger partial charge in [0.15, 0.2) is 4.98 Å². The van der Waals surface area contributed by atoms with E-state index in [0.717, 1.165) is 0 Å². The molecule has 0 heterocycles. The summed E-state index contributed by atoms with van der Waals surface area (Å²) in [5, 5.41) is 16.7. The second kappa shape index (κ2) is 5.70. The zero-order valence-electron chi connectivity index (χ0n) is 7.65. The van der Waals surface area contributed by atoms with Crippen LogP contribution in [0.1, 0.15) is 10.4 Å². The Kier molecular flexibility index (Phi) is 4.95. The fourth-order valence-electron chi connectivity index (χ4n) is 0.671. The smallest absolute Gasteiger partial charge is 0.478 e. The molecule has 0 aromatic heterocycles. The highest BCUT2D eigenvalue weighted by molar-refractivity contribution is 6.50. The largest absolute Gasteiger partial charge is 0.673 e. The molecule has 0 radical (unpaired) electrons. The fourth-order valence-corrected chi connectivity index (χ4v) is 0.671. The molecular formula is C7H5BF4N2O2. The standard InChI is InChI=1S/C7H4N2O2.BF4/c8-9-6-3-1-5(2-4-6)7(10)11;2-1(3,4)5/h1-4H;/q;-1/p+1. The van der Waals surface area contributed by atoms with Gasteiger partial charge in [-0.2, -0.15) is 0 Å². The van der Waals surface area contributed by atoms with Crippen LogP contribution in [-0.2, 0) is 0 Å². The van der Waals surface area contributed by atoms with E-state index in [1.54, 1.807) is 0 Å². The van der Waals surface area contributed by atoms with Gasteiger partial charge in [-0.1, -0.05) is 0 Å². The Bertz CT molecular complexity index is 392. The van der Waals surface area contributed by atoms with Crippen LogP contribution in [0.4, 0.5) is 23.0 Å². The third-order valence-electron chi connectivity index (χ3n) is 1.23. The molecule has 0 aliphatic carbocycles. The van der Waals surface area contributed by atoms with Crippen LogP contribution in [0.25, 0.3) is 4.98 Å². The number of aromatic carboxylic acids is 1. The van der Waals surface area contributed by atoms with Crippen molar-refractivity contribution in [2.45, 2.75) is 0 Å². The summed E-state index contributed by atoms with van der Waals surface area (Å²) >= 11 is 0. The Balaban J connectivity index is 0.000000385. The normalized spacial score (nSPS) is 9.69. The van der Waals surface area contributed by atoms with Crippen molar-refractivity contribution in [3.05, 3.63) is 34.8 Å². The number of halogens is 4. The van der Waals surface area contributed by atoms with Gasteiger partial charge in [-0.15, -0.1) is 0 Å². The van der Waals surface area contributed by atoms with Crippen LogP contribution in [0.3, 0.4) is 0 Å². The van der Waals surface area contributed by atoms with Gasteiger partial charge in [0.2, 0.25) is 5.39 Å². The minimum absolute atomic E-state index is 0.178. The molecule has 1 N–H and O–H groups in total. The first-order chi connectivity index (χ1) is 7.24. The van der Waals surface area contributed by atoms with Crippen molar-refractivity contribution in [1.82, 2.24) is 0 Å². The second-order valence-corrected chi connectivity index (χ2v) is 2.45. The quantitative estimate of drug-likeness (QED) is 0.462. The monoisotopic (exact) mass is 236 g/mol. The molecule has 86 valence electrons. The van der Waals surface area contributed by atoms with Crippen LogP contribution >= 0.6 is 0 Å². The third-order valence-corrected chi connectivity index (χ3v) is 1.23. The van der Waals surface area contributed by atoms with Crippen molar-refractivity contribution in [2.24, 2.45) is 0 Å². The highest BCUT2D eigenvalue weighted by atomic mass is 19.5. The van der Waals surface area contributed by atoms with Gasteiger partial charge in [-0.3, -0.25) is 0 Å². The van der Waals surface area contributed by atoms with Crippen LogP contribution in [-0.4, -0.2) is 18.3 Å². The van der Waals surface area contributed by atoms with E-state index >= 15 is 0 Å². The van der Waals surface area contributed by atoms with Gasteiger partial charge >= 0.3 is 18.9 Å². The summed E-state index contributed by atoms with van der Waals surface area (Å²) in [5.41, 5.74) is 0.521. The lowest BCUT2D eigenvalue weighted by atomic mass is 10.2. The van der Waals surface area contributed by atoms with Gasteiger partial charge in [0, 0.05) is 12.1 Å². The molecular weight excluding hydrogens is 231 g/mol. The van der Waals surface area contributed by atoms with E-state index < -0.39 is 13.2 Å². The molecule has 0 unspecified atom stereocenters. The number of benzene rings is 1.